The summed E-state index contributed by atoms with van der Waals surface area (Å²) in [5, 5.41) is 2.80. The predicted molar refractivity (Wildman–Crippen MR) is 106 cm³/mol. The molecule has 3 rings (SSSR count). The molecule has 2 amide bonds. The highest BCUT2D eigenvalue weighted by Crippen LogP contribution is 2.25. The first-order valence-corrected chi connectivity index (χ1v) is 8.78. The molecule has 0 fully saturated rings. The lowest BCUT2D eigenvalue weighted by Crippen LogP contribution is -2.13. The average Bonchev–Trinajstić information content (AvgIpc) is 3.12. The van der Waals surface area contributed by atoms with Crippen molar-refractivity contribution in [1.82, 2.24) is 0 Å². The Morgan fingerprint density at radius 2 is 1.70 bits per heavy atom. The second-order valence-electron chi connectivity index (χ2n) is 6.55. The molecule has 0 bridgehead atoms. The zero-order valence-electron chi connectivity index (χ0n) is 15.4. The van der Waals surface area contributed by atoms with Crippen molar-refractivity contribution in [2.75, 3.05) is 5.32 Å². The van der Waals surface area contributed by atoms with E-state index in [-0.39, 0.29) is 5.91 Å². The maximum atomic E-state index is 12.1. The van der Waals surface area contributed by atoms with E-state index < -0.39 is 5.91 Å². The van der Waals surface area contributed by atoms with Crippen molar-refractivity contribution in [3.63, 3.8) is 0 Å². The maximum Gasteiger partial charge on any atom is 0.248 e. The molecule has 0 aliphatic rings. The van der Waals surface area contributed by atoms with E-state index >= 15 is 0 Å². The molecule has 5 heteroatoms. The van der Waals surface area contributed by atoms with E-state index in [0.29, 0.717) is 24.1 Å². The third kappa shape index (κ3) is 4.64. The van der Waals surface area contributed by atoms with Gasteiger partial charge >= 0.3 is 0 Å². The third-order valence-electron chi connectivity index (χ3n) is 4.50. The van der Waals surface area contributed by atoms with Crippen LogP contribution in [0.3, 0.4) is 0 Å². The van der Waals surface area contributed by atoms with Crippen LogP contribution >= 0.6 is 0 Å². The van der Waals surface area contributed by atoms with Gasteiger partial charge in [-0.1, -0.05) is 12.1 Å². The minimum atomic E-state index is -0.495. The second kappa shape index (κ2) is 7.91. The van der Waals surface area contributed by atoms with Crippen molar-refractivity contribution in [3.8, 4) is 11.3 Å². The molecule has 3 aromatic rings. The van der Waals surface area contributed by atoms with E-state index in [9.17, 15) is 9.59 Å². The van der Waals surface area contributed by atoms with Crippen molar-refractivity contribution in [3.05, 3.63) is 77.0 Å². The highest BCUT2D eigenvalue weighted by Gasteiger charge is 2.09. The standard InChI is InChI=1S/C22H22N2O3/c1-14-3-4-17(13-15(14)2)20-11-9-19(27-20)10-12-21(25)24-18-7-5-16(6-8-18)22(23)26/h3-9,11,13H,10,12H2,1-2H3,(H2,23,26)(H,24,25). The van der Waals surface area contributed by atoms with Crippen LogP contribution in [0.1, 0.15) is 33.7 Å². The number of rotatable bonds is 6. The Balaban J connectivity index is 1.57. The molecule has 3 N–H and O–H groups in total. The number of hydrogen-bond donors (Lipinski definition) is 2. The van der Waals surface area contributed by atoms with Crippen LogP contribution in [-0.2, 0) is 11.2 Å². The lowest BCUT2D eigenvalue weighted by Gasteiger charge is -2.05. The molecular weight excluding hydrogens is 340 g/mol. The van der Waals surface area contributed by atoms with E-state index in [1.807, 2.05) is 18.2 Å². The van der Waals surface area contributed by atoms with Gasteiger partial charge < -0.3 is 15.5 Å². The zero-order valence-corrected chi connectivity index (χ0v) is 15.4. The summed E-state index contributed by atoms with van der Waals surface area (Å²) in [6.07, 6.45) is 0.813. The molecule has 1 heterocycles. The van der Waals surface area contributed by atoms with Gasteiger partial charge in [-0.25, -0.2) is 0 Å². The minimum Gasteiger partial charge on any atom is -0.461 e. The third-order valence-corrected chi connectivity index (χ3v) is 4.50. The van der Waals surface area contributed by atoms with Crippen molar-refractivity contribution in [1.29, 1.82) is 0 Å². The van der Waals surface area contributed by atoms with Gasteiger partial charge in [-0.3, -0.25) is 9.59 Å². The van der Waals surface area contributed by atoms with E-state index in [4.69, 9.17) is 10.2 Å². The van der Waals surface area contributed by atoms with Crippen LogP contribution in [0.2, 0.25) is 0 Å². The number of nitrogens with one attached hydrogen (secondary N) is 1. The normalized spacial score (nSPS) is 10.6. The molecule has 0 aliphatic carbocycles. The van der Waals surface area contributed by atoms with Crippen LogP contribution in [0.5, 0.6) is 0 Å². The smallest absolute Gasteiger partial charge is 0.248 e. The van der Waals surface area contributed by atoms with Crippen molar-refractivity contribution in [2.24, 2.45) is 5.73 Å². The van der Waals surface area contributed by atoms with E-state index in [1.165, 1.54) is 11.1 Å². The quantitative estimate of drug-likeness (QED) is 0.688. The van der Waals surface area contributed by atoms with Gasteiger partial charge in [0.1, 0.15) is 11.5 Å². The van der Waals surface area contributed by atoms with Gasteiger partial charge in [-0.15, -0.1) is 0 Å². The summed E-state index contributed by atoms with van der Waals surface area (Å²) < 4.78 is 5.88. The number of amides is 2. The number of carbonyl (C=O) groups excluding carboxylic acids is 2. The molecule has 1 aromatic heterocycles. The summed E-state index contributed by atoms with van der Waals surface area (Å²) >= 11 is 0. The topological polar surface area (TPSA) is 85.3 Å². The molecule has 5 nitrogen and oxygen atoms in total. The first-order chi connectivity index (χ1) is 12.9. The largest absolute Gasteiger partial charge is 0.461 e. The zero-order chi connectivity index (χ0) is 19.4. The van der Waals surface area contributed by atoms with Crippen LogP contribution in [0.25, 0.3) is 11.3 Å². The minimum absolute atomic E-state index is 0.119. The van der Waals surface area contributed by atoms with Crippen LogP contribution in [0.15, 0.2) is 59.0 Å². The number of hydrogen-bond acceptors (Lipinski definition) is 3. The predicted octanol–water partition coefficient (Wildman–Crippen LogP) is 4.23. The Hall–Kier alpha value is -3.34. The fourth-order valence-electron chi connectivity index (χ4n) is 2.74. The summed E-state index contributed by atoms with van der Waals surface area (Å²) in [5.41, 5.74) is 9.72. The van der Waals surface area contributed by atoms with Crippen LogP contribution in [0.4, 0.5) is 5.69 Å². The van der Waals surface area contributed by atoms with Gasteiger partial charge in [0.25, 0.3) is 0 Å². The summed E-state index contributed by atoms with van der Waals surface area (Å²) in [6.45, 7) is 4.15. The molecule has 0 radical (unpaired) electrons. The molecule has 138 valence electrons. The van der Waals surface area contributed by atoms with Crippen LogP contribution < -0.4 is 11.1 Å². The Labute approximate surface area is 158 Å². The number of furan rings is 1. The molecule has 0 atom stereocenters. The highest BCUT2D eigenvalue weighted by molar-refractivity contribution is 5.94. The van der Waals surface area contributed by atoms with Gasteiger partial charge in [0.05, 0.1) is 0 Å². The lowest BCUT2D eigenvalue weighted by atomic mass is 10.1. The lowest BCUT2D eigenvalue weighted by molar-refractivity contribution is -0.116. The SMILES string of the molecule is Cc1ccc(-c2ccc(CCC(=O)Nc3ccc(C(N)=O)cc3)o2)cc1C. The number of anilines is 1. The van der Waals surface area contributed by atoms with Crippen molar-refractivity contribution < 1.29 is 14.0 Å². The molecule has 0 spiro atoms. The van der Waals surface area contributed by atoms with Crippen molar-refractivity contribution >= 4 is 17.5 Å². The van der Waals surface area contributed by atoms with Crippen LogP contribution in [-0.4, -0.2) is 11.8 Å². The maximum absolute atomic E-state index is 12.1. The number of carbonyl (C=O) groups is 2. The first-order valence-electron chi connectivity index (χ1n) is 8.78. The van der Waals surface area contributed by atoms with Gasteiger partial charge in [0.15, 0.2) is 0 Å². The molecule has 0 saturated carbocycles. The number of nitrogens with two attached hydrogens (primary N) is 1. The Bertz CT molecular complexity index is 971. The monoisotopic (exact) mass is 362 g/mol. The summed E-state index contributed by atoms with van der Waals surface area (Å²) in [5.74, 6) is 0.953. The fraction of sp³-hybridized carbons (Fsp3) is 0.182. The average molecular weight is 362 g/mol. The molecule has 27 heavy (non-hydrogen) atoms. The summed E-state index contributed by atoms with van der Waals surface area (Å²) in [4.78, 5) is 23.2. The Kier molecular flexibility index (Phi) is 5.41. The molecule has 2 aromatic carbocycles. The Morgan fingerprint density at radius 3 is 2.37 bits per heavy atom. The van der Waals surface area contributed by atoms with E-state index in [0.717, 1.165) is 17.1 Å². The van der Waals surface area contributed by atoms with Gasteiger partial charge in [0, 0.05) is 29.7 Å². The number of benzene rings is 2. The Morgan fingerprint density at radius 1 is 0.963 bits per heavy atom. The summed E-state index contributed by atoms with van der Waals surface area (Å²) in [6, 6.07) is 16.5. The highest BCUT2D eigenvalue weighted by atomic mass is 16.3. The van der Waals surface area contributed by atoms with Gasteiger partial charge in [0.2, 0.25) is 11.8 Å². The summed E-state index contributed by atoms with van der Waals surface area (Å²) in [7, 11) is 0. The molecule has 0 saturated heterocycles. The van der Waals surface area contributed by atoms with E-state index in [2.05, 4.69) is 31.3 Å². The molecule has 0 aliphatic heterocycles. The second-order valence-corrected chi connectivity index (χ2v) is 6.55. The first kappa shape index (κ1) is 18.5. The van der Waals surface area contributed by atoms with Gasteiger partial charge in [-0.05, 0) is 67.4 Å². The fourth-order valence-corrected chi connectivity index (χ4v) is 2.74. The van der Waals surface area contributed by atoms with Gasteiger partial charge in [-0.2, -0.15) is 0 Å². The number of primary amides is 1. The van der Waals surface area contributed by atoms with Crippen molar-refractivity contribution in [2.45, 2.75) is 26.7 Å². The van der Waals surface area contributed by atoms with Crippen LogP contribution in [0, 0.1) is 13.8 Å². The number of aryl methyl sites for hydroxylation is 3. The molecular formula is C22H22N2O3. The molecule has 0 unspecified atom stereocenters. The van der Waals surface area contributed by atoms with E-state index in [1.54, 1.807) is 24.3 Å².